The van der Waals surface area contributed by atoms with Crippen LogP contribution in [0.25, 0.3) is 11.4 Å². The topological polar surface area (TPSA) is 67.9 Å². The third-order valence-corrected chi connectivity index (χ3v) is 2.77. The number of rotatable bonds is 2. The number of aromatic amines is 1. The summed E-state index contributed by atoms with van der Waals surface area (Å²) in [4.78, 5) is 22.5. The number of thiophene rings is 1. The molecule has 0 radical (unpaired) electrons. The van der Waals surface area contributed by atoms with Crippen molar-refractivity contribution in [3.63, 3.8) is 0 Å². The molecule has 0 saturated carbocycles. The molecule has 2 aromatic rings. The van der Waals surface area contributed by atoms with Crippen LogP contribution in [0.2, 0.25) is 0 Å². The molecule has 0 bridgehead atoms. The minimum atomic E-state index is -0.456. The van der Waals surface area contributed by atoms with Gasteiger partial charge in [-0.05, 0) is 18.4 Å². The van der Waals surface area contributed by atoms with E-state index in [-0.39, 0.29) is 6.01 Å². The summed E-state index contributed by atoms with van der Waals surface area (Å²) < 4.78 is 4.83. The van der Waals surface area contributed by atoms with Gasteiger partial charge in [-0.1, -0.05) is 0 Å². The molecule has 6 heteroatoms. The predicted octanol–water partition coefficient (Wildman–Crippen LogP) is 1.21. The van der Waals surface area contributed by atoms with Gasteiger partial charge in [-0.3, -0.25) is 4.98 Å². The summed E-state index contributed by atoms with van der Waals surface area (Å²) in [6.07, 6.45) is 0. The fourth-order valence-corrected chi connectivity index (χ4v) is 1.91. The molecule has 0 unspecified atom stereocenters. The van der Waals surface area contributed by atoms with Crippen molar-refractivity contribution < 1.29 is 4.74 Å². The number of H-pyrrole nitrogens is 1. The van der Waals surface area contributed by atoms with Crippen LogP contribution in [0.1, 0.15) is 4.88 Å². The van der Waals surface area contributed by atoms with E-state index >= 15 is 0 Å². The molecular formula is C9H9N3O2S. The number of aryl methyl sites for hydroxylation is 1. The van der Waals surface area contributed by atoms with E-state index in [0.29, 0.717) is 5.82 Å². The van der Waals surface area contributed by atoms with Crippen LogP contribution in [0.4, 0.5) is 0 Å². The first-order valence-electron chi connectivity index (χ1n) is 4.27. The van der Waals surface area contributed by atoms with Crippen molar-refractivity contribution in [2.45, 2.75) is 6.92 Å². The van der Waals surface area contributed by atoms with Crippen LogP contribution in [0, 0.1) is 6.92 Å². The number of hydrogen-bond donors (Lipinski definition) is 1. The third-order valence-electron chi connectivity index (χ3n) is 1.93. The van der Waals surface area contributed by atoms with Gasteiger partial charge in [-0.25, -0.2) is 4.79 Å². The van der Waals surface area contributed by atoms with E-state index in [9.17, 15) is 4.79 Å². The van der Waals surface area contributed by atoms with E-state index in [1.54, 1.807) is 11.3 Å². The summed E-state index contributed by atoms with van der Waals surface area (Å²) in [5.41, 5.74) is 0.445. The minimum absolute atomic E-state index is 0.0827. The van der Waals surface area contributed by atoms with Gasteiger partial charge >= 0.3 is 11.7 Å². The van der Waals surface area contributed by atoms with Crippen molar-refractivity contribution in [3.05, 3.63) is 26.8 Å². The number of nitrogens with one attached hydrogen (secondary N) is 1. The third kappa shape index (κ3) is 1.89. The first kappa shape index (κ1) is 9.85. The number of nitrogens with zero attached hydrogens (tertiary/aromatic N) is 2. The molecule has 15 heavy (non-hydrogen) atoms. The Morgan fingerprint density at radius 2 is 2.27 bits per heavy atom. The number of methoxy groups -OCH3 is 1. The molecule has 0 amide bonds. The molecule has 2 rings (SSSR count). The van der Waals surface area contributed by atoms with Crippen molar-refractivity contribution >= 4 is 11.3 Å². The Morgan fingerprint density at radius 1 is 1.47 bits per heavy atom. The molecule has 0 aromatic carbocycles. The van der Waals surface area contributed by atoms with Gasteiger partial charge < -0.3 is 4.74 Å². The van der Waals surface area contributed by atoms with Crippen molar-refractivity contribution in [2.75, 3.05) is 7.11 Å². The molecule has 0 atom stereocenters. The van der Waals surface area contributed by atoms with E-state index < -0.39 is 5.69 Å². The lowest BCUT2D eigenvalue weighted by Gasteiger charge is -2.00. The molecule has 0 aliphatic rings. The maximum absolute atomic E-state index is 11.2. The predicted molar refractivity (Wildman–Crippen MR) is 57.3 cm³/mol. The Hall–Kier alpha value is -1.69. The van der Waals surface area contributed by atoms with Crippen molar-refractivity contribution in [2.24, 2.45) is 0 Å². The summed E-state index contributed by atoms with van der Waals surface area (Å²) in [5.74, 6) is 0.491. The van der Waals surface area contributed by atoms with Gasteiger partial charge in [0.15, 0.2) is 0 Å². The zero-order valence-corrected chi connectivity index (χ0v) is 9.09. The first-order valence-corrected chi connectivity index (χ1v) is 5.15. The van der Waals surface area contributed by atoms with Crippen molar-refractivity contribution in [1.29, 1.82) is 0 Å². The van der Waals surface area contributed by atoms with E-state index in [4.69, 9.17) is 4.74 Å². The Balaban J connectivity index is 2.58. The highest BCUT2D eigenvalue weighted by molar-refractivity contribution is 7.10. The molecule has 0 fully saturated rings. The summed E-state index contributed by atoms with van der Waals surface area (Å²) in [5, 5.41) is 1.94. The van der Waals surface area contributed by atoms with Gasteiger partial charge in [0, 0.05) is 10.4 Å². The van der Waals surface area contributed by atoms with Crippen LogP contribution in [-0.2, 0) is 0 Å². The highest BCUT2D eigenvalue weighted by Crippen LogP contribution is 2.24. The lowest BCUT2D eigenvalue weighted by atomic mass is 10.2. The minimum Gasteiger partial charge on any atom is -0.467 e. The van der Waals surface area contributed by atoms with Crippen LogP contribution in [0.3, 0.4) is 0 Å². The zero-order chi connectivity index (χ0) is 10.8. The van der Waals surface area contributed by atoms with Crippen molar-refractivity contribution in [3.8, 4) is 17.4 Å². The van der Waals surface area contributed by atoms with Gasteiger partial charge in [0.25, 0.3) is 0 Å². The second-order valence-electron chi connectivity index (χ2n) is 2.88. The first-order chi connectivity index (χ1) is 7.20. The van der Waals surface area contributed by atoms with Crippen molar-refractivity contribution in [1.82, 2.24) is 15.0 Å². The molecule has 5 nitrogen and oxygen atoms in total. The lowest BCUT2D eigenvalue weighted by molar-refractivity contribution is 0.377. The number of aromatic nitrogens is 3. The summed E-state index contributed by atoms with van der Waals surface area (Å²) in [6.45, 7) is 1.97. The molecule has 0 spiro atoms. The van der Waals surface area contributed by atoms with Crippen LogP contribution < -0.4 is 10.4 Å². The second kappa shape index (κ2) is 3.82. The van der Waals surface area contributed by atoms with E-state index in [1.807, 2.05) is 18.4 Å². The molecule has 1 N–H and O–H groups in total. The number of ether oxygens (including phenoxy) is 1. The largest absolute Gasteiger partial charge is 0.467 e. The Labute approximate surface area is 89.8 Å². The van der Waals surface area contributed by atoms with Gasteiger partial charge in [-0.2, -0.15) is 4.98 Å². The number of hydrogen-bond acceptors (Lipinski definition) is 5. The molecule has 78 valence electrons. The SMILES string of the molecule is COc1nc(-c2ccsc2C)[nH]c(=O)n1. The van der Waals surface area contributed by atoms with E-state index in [2.05, 4.69) is 15.0 Å². The van der Waals surface area contributed by atoms with Gasteiger partial charge in [0.05, 0.1) is 7.11 Å². The van der Waals surface area contributed by atoms with Crippen LogP contribution in [-0.4, -0.2) is 22.1 Å². The fraction of sp³-hybridized carbons (Fsp3) is 0.222. The molecule has 0 aliphatic heterocycles. The Morgan fingerprint density at radius 3 is 2.87 bits per heavy atom. The van der Waals surface area contributed by atoms with Crippen LogP contribution >= 0.6 is 11.3 Å². The Kier molecular flexibility index (Phi) is 2.51. The van der Waals surface area contributed by atoms with Crippen LogP contribution in [0.15, 0.2) is 16.2 Å². The zero-order valence-electron chi connectivity index (χ0n) is 8.27. The molecule has 0 aliphatic carbocycles. The second-order valence-corrected chi connectivity index (χ2v) is 4.00. The monoisotopic (exact) mass is 223 g/mol. The maximum atomic E-state index is 11.2. The quantitative estimate of drug-likeness (QED) is 0.831. The van der Waals surface area contributed by atoms with E-state index in [0.717, 1.165) is 10.4 Å². The molecule has 2 aromatic heterocycles. The molecule has 0 saturated heterocycles. The highest BCUT2D eigenvalue weighted by Gasteiger charge is 2.08. The molecule has 2 heterocycles. The smallest absolute Gasteiger partial charge is 0.351 e. The Bertz CT molecular complexity index is 532. The van der Waals surface area contributed by atoms with Gasteiger partial charge in [-0.15, -0.1) is 16.3 Å². The fourth-order valence-electron chi connectivity index (χ4n) is 1.21. The highest BCUT2D eigenvalue weighted by atomic mass is 32.1. The maximum Gasteiger partial charge on any atom is 0.351 e. The van der Waals surface area contributed by atoms with Gasteiger partial charge in [0.1, 0.15) is 5.82 Å². The van der Waals surface area contributed by atoms with Gasteiger partial charge in [0.2, 0.25) is 0 Å². The lowest BCUT2D eigenvalue weighted by Crippen LogP contribution is -2.14. The van der Waals surface area contributed by atoms with Crippen LogP contribution in [0.5, 0.6) is 6.01 Å². The summed E-state index contributed by atoms with van der Waals surface area (Å²) in [7, 11) is 1.43. The standard InChI is InChI=1S/C9H9N3O2S/c1-5-6(3-4-15-5)7-10-8(13)12-9(11-7)14-2/h3-4H,1-2H3,(H,10,11,12,13). The summed E-state index contributed by atoms with van der Waals surface area (Å²) >= 11 is 1.60. The average molecular weight is 223 g/mol. The summed E-state index contributed by atoms with van der Waals surface area (Å²) in [6, 6.07) is 1.98. The normalized spacial score (nSPS) is 10.3. The van der Waals surface area contributed by atoms with E-state index in [1.165, 1.54) is 7.11 Å². The average Bonchev–Trinajstić information content (AvgIpc) is 2.63. The molecular weight excluding hydrogens is 214 g/mol.